The van der Waals surface area contributed by atoms with Gasteiger partial charge in [-0.1, -0.05) is 0 Å². The van der Waals surface area contributed by atoms with Crippen molar-refractivity contribution in [1.82, 2.24) is 19.7 Å². The van der Waals surface area contributed by atoms with E-state index in [1.54, 1.807) is 45.5 Å². The summed E-state index contributed by atoms with van der Waals surface area (Å²) in [6.07, 6.45) is 1.31. The summed E-state index contributed by atoms with van der Waals surface area (Å²) in [7, 11) is 1.54. The molecule has 10 heteroatoms. The number of fused-ring (bicyclic) bond motifs is 1. The Morgan fingerprint density at radius 3 is 2.67 bits per heavy atom. The van der Waals surface area contributed by atoms with Gasteiger partial charge in [-0.05, 0) is 31.5 Å². The van der Waals surface area contributed by atoms with Gasteiger partial charge in [0.2, 0.25) is 0 Å². The highest BCUT2D eigenvalue weighted by Crippen LogP contribution is 2.39. The van der Waals surface area contributed by atoms with Crippen LogP contribution in [0.2, 0.25) is 0 Å². The smallest absolute Gasteiger partial charge is 0.408 e. The molecule has 4 heterocycles. The molecule has 1 unspecified atom stereocenters. The third-order valence-electron chi connectivity index (χ3n) is 4.94. The van der Waals surface area contributed by atoms with E-state index in [1.807, 2.05) is 0 Å². The number of carbonyl (C=O) groups excluding carboxylic acids is 1. The molecule has 1 atom stereocenters. The fourth-order valence-corrected chi connectivity index (χ4v) is 3.60. The van der Waals surface area contributed by atoms with Crippen LogP contribution in [-0.2, 0) is 6.54 Å². The number of aromatic nitrogens is 4. The lowest BCUT2D eigenvalue weighted by atomic mass is 10.0. The minimum atomic E-state index is -4.40. The van der Waals surface area contributed by atoms with Crippen molar-refractivity contribution >= 4 is 11.6 Å². The number of hydrogen-bond acceptors (Lipinski definition) is 5. The van der Waals surface area contributed by atoms with Crippen molar-refractivity contribution in [2.45, 2.75) is 32.6 Å². The van der Waals surface area contributed by atoms with Crippen LogP contribution in [0.1, 0.15) is 34.6 Å². The number of pyridine rings is 2. The molecule has 0 saturated carbocycles. The van der Waals surface area contributed by atoms with Crippen LogP contribution >= 0.6 is 0 Å². The summed E-state index contributed by atoms with van der Waals surface area (Å²) in [5.41, 5.74) is 3.38. The van der Waals surface area contributed by atoms with E-state index >= 15 is 0 Å². The molecule has 1 amide bonds. The molecule has 4 rings (SSSR count). The van der Waals surface area contributed by atoms with Crippen LogP contribution in [0.3, 0.4) is 0 Å². The molecule has 0 aromatic carbocycles. The largest absolute Gasteiger partial charge is 0.495 e. The second-order valence-electron chi connectivity index (χ2n) is 7.06. The van der Waals surface area contributed by atoms with Gasteiger partial charge in [0, 0.05) is 18.0 Å². The second kappa shape index (κ2) is 7.12. The molecule has 0 N–H and O–H groups in total. The van der Waals surface area contributed by atoms with Crippen molar-refractivity contribution in [3.63, 3.8) is 0 Å². The lowest BCUT2D eigenvalue weighted by molar-refractivity contribution is -0.142. The number of rotatable bonds is 4. The molecule has 0 bridgehead atoms. The molecular weight excluding hydrogens is 399 g/mol. The zero-order valence-corrected chi connectivity index (χ0v) is 16.4. The fourth-order valence-electron chi connectivity index (χ4n) is 3.60. The van der Waals surface area contributed by atoms with E-state index in [0.29, 0.717) is 28.4 Å². The van der Waals surface area contributed by atoms with Gasteiger partial charge in [-0.25, -0.2) is 4.98 Å². The van der Waals surface area contributed by atoms with E-state index in [4.69, 9.17) is 4.74 Å². The predicted molar refractivity (Wildman–Crippen MR) is 102 cm³/mol. The van der Waals surface area contributed by atoms with Gasteiger partial charge in [-0.15, -0.1) is 0 Å². The van der Waals surface area contributed by atoms with Crippen LogP contribution in [0.25, 0.3) is 11.3 Å². The second-order valence-corrected chi connectivity index (χ2v) is 7.06. The summed E-state index contributed by atoms with van der Waals surface area (Å²) in [5.74, 6) is 0.264. The number of carbonyl (C=O) groups is 1. The lowest BCUT2D eigenvalue weighted by Crippen LogP contribution is -2.26. The van der Waals surface area contributed by atoms with Crippen LogP contribution in [0, 0.1) is 6.92 Å². The maximum atomic E-state index is 13.1. The maximum absolute atomic E-state index is 13.1. The highest BCUT2D eigenvalue weighted by Gasteiger charge is 2.39. The molecule has 0 radical (unpaired) electrons. The number of halogens is 3. The van der Waals surface area contributed by atoms with Crippen molar-refractivity contribution in [3.05, 3.63) is 53.7 Å². The Hall–Kier alpha value is -3.43. The van der Waals surface area contributed by atoms with E-state index in [1.165, 1.54) is 17.3 Å². The summed E-state index contributed by atoms with van der Waals surface area (Å²) >= 11 is 0. The molecule has 156 valence electrons. The number of hydrogen-bond donors (Lipinski definition) is 0. The topological polar surface area (TPSA) is 73.1 Å². The van der Waals surface area contributed by atoms with Gasteiger partial charge in [-0.2, -0.15) is 18.3 Å². The fraction of sp³-hybridized carbons (Fsp3) is 0.300. The Labute approximate surface area is 170 Å². The van der Waals surface area contributed by atoms with Crippen molar-refractivity contribution in [3.8, 4) is 17.0 Å². The van der Waals surface area contributed by atoms with Crippen molar-refractivity contribution in [2.75, 3.05) is 12.0 Å². The predicted octanol–water partition coefficient (Wildman–Crippen LogP) is 3.94. The Bertz CT molecular complexity index is 1130. The zero-order valence-electron chi connectivity index (χ0n) is 16.4. The Morgan fingerprint density at radius 2 is 1.97 bits per heavy atom. The number of methoxy groups -OCH3 is 1. The Balaban J connectivity index is 1.71. The first-order valence-corrected chi connectivity index (χ1v) is 9.11. The van der Waals surface area contributed by atoms with Crippen LogP contribution in [0.5, 0.6) is 5.75 Å². The first-order chi connectivity index (χ1) is 14.2. The molecule has 0 fully saturated rings. The normalized spacial score (nSPS) is 16.1. The van der Waals surface area contributed by atoms with Gasteiger partial charge in [0.15, 0.2) is 0 Å². The maximum Gasteiger partial charge on any atom is 0.408 e. The van der Waals surface area contributed by atoms with Crippen LogP contribution in [-0.4, -0.2) is 38.9 Å². The first kappa shape index (κ1) is 19.9. The van der Waals surface area contributed by atoms with E-state index in [2.05, 4.69) is 15.1 Å². The molecule has 7 nitrogen and oxygen atoms in total. The first-order valence-electron chi connectivity index (χ1n) is 9.11. The molecule has 3 aromatic rings. The van der Waals surface area contributed by atoms with E-state index < -0.39 is 18.8 Å². The third kappa shape index (κ3) is 3.49. The molecule has 0 spiro atoms. The SMILES string of the molecule is COc1cncc(-c2cc(C)c3c(n2)C(C)N(c2cnn(CC(F)(F)F)c2)C3=O)c1. The van der Waals surface area contributed by atoms with Gasteiger partial charge in [0.05, 0.1) is 48.2 Å². The number of ether oxygens (including phenoxy) is 1. The highest BCUT2D eigenvalue weighted by molar-refractivity contribution is 6.11. The van der Waals surface area contributed by atoms with Crippen LogP contribution in [0.15, 0.2) is 36.9 Å². The third-order valence-corrected chi connectivity index (χ3v) is 4.94. The van der Waals surface area contributed by atoms with Crippen LogP contribution < -0.4 is 9.64 Å². The number of nitrogens with zero attached hydrogens (tertiary/aromatic N) is 5. The highest BCUT2D eigenvalue weighted by atomic mass is 19.4. The van der Waals surface area contributed by atoms with Crippen LogP contribution in [0.4, 0.5) is 18.9 Å². The van der Waals surface area contributed by atoms with E-state index in [-0.39, 0.29) is 5.91 Å². The summed E-state index contributed by atoms with van der Waals surface area (Å²) in [6.45, 7) is 2.37. The Kier molecular flexibility index (Phi) is 4.71. The molecule has 3 aromatic heterocycles. The molecular formula is C20H18F3N5O2. The average Bonchev–Trinajstić information content (AvgIpc) is 3.22. The average molecular weight is 417 g/mol. The van der Waals surface area contributed by atoms with Gasteiger partial charge >= 0.3 is 6.18 Å². The molecule has 1 aliphatic rings. The number of alkyl halides is 3. The number of aryl methyl sites for hydroxylation is 1. The van der Waals surface area contributed by atoms with Crippen molar-refractivity contribution in [1.29, 1.82) is 0 Å². The molecule has 1 aliphatic heterocycles. The molecule has 30 heavy (non-hydrogen) atoms. The standard InChI is InChI=1S/C20H18F3N5O2/c1-11-4-16(13-5-15(30-3)8-24-6-13)26-18-12(2)28(19(29)17(11)18)14-7-25-27(9-14)10-20(21,22)23/h4-9,12H,10H2,1-3H3. The van der Waals surface area contributed by atoms with Gasteiger partial charge < -0.3 is 4.74 Å². The van der Waals surface area contributed by atoms with Gasteiger partial charge in [-0.3, -0.25) is 19.4 Å². The minimum absolute atomic E-state index is 0.291. The quantitative estimate of drug-likeness (QED) is 0.643. The lowest BCUT2D eigenvalue weighted by Gasteiger charge is -2.19. The summed E-state index contributed by atoms with van der Waals surface area (Å²) < 4.78 is 43.9. The van der Waals surface area contributed by atoms with Gasteiger partial charge in [0.25, 0.3) is 5.91 Å². The zero-order chi connectivity index (χ0) is 21.6. The number of anilines is 1. The Morgan fingerprint density at radius 1 is 1.20 bits per heavy atom. The molecule has 0 saturated heterocycles. The summed E-state index contributed by atoms with van der Waals surface area (Å²) in [5, 5.41) is 3.74. The summed E-state index contributed by atoms with van der Waals surface area (Å²) in [4.78, 5) is 23.3. The monoisotopic (exact) mass is 417 g/mol. The number of amides is 1. The van der Waals surface area contributed by atoms with E-state index in [0.717, 1.165) is 15.8 Å². The summed E-state index contributed by atoms with van der Waals surface area (Å²) in [6, 6.07) is 3.12. The van der Waals surface area contributed by atoms with Crippen molar-refractivity contribution < 1.29 is 22.7 Å². The van der Waals surface area contributed by atoms with E-state index in [9.17, 15) is 18.0 Å². The van der Waals surface area contributed by atoms with Gasteiger partial charge in [0.1, 0.15) is 12.3 Å². The molecule has 0 aliphatic carbocycles. The van der Waals surface area contributed by atoms with Crippen molar-refractivity contribution in [2.24, 2.45) is 0 Å². The minimum Gasteiger partial charge on any atom is -0.495 e.